The van der Waals surface area contributed by atoms with E-state index in [0.717, 1.165) is 31.5 Å². The van der Waals surface area contributed by atoms with E-state index in [1.54, 1.807) is 18.2 Å². The Hall–Kier alpha value is -0.990. The minimum atomic E-state index is 0.0403. The summed E-state index contributed by atoms with van der Waals surface area (Å²) in [5.41, 5.74) is 0.770. The van der Waals surface area contributed by atoms with Gasteiger partial charge in [0.1, 0.15) is 0 Å². The normalized spacial score (nSPS) is 15.8. The first-order valence-corrected chi connectivity index (χ1v) is 6.35. The number of likely N-dealkylation sites (tertiary alicyclic amines) is 1. The van der Waals surface area contributed by atoms with Gasteiger partial charge in [0.05, 0.1) is 10.0 Å². The van der Waals surface area contributed by atoms with Crippen LogP contribution < -0.4 is 0 Å². The minimum Gasteiger partial charge on any atom is -0.339 e. The van der Waals surface area contributed by atoms with Gasteiger partial charge in [0, 0.05) is 19.2 Å². The topological polar surface area (TPSA) is 20.3 Å². The molecule has 1 amide bonds. The fourth-order valence-corrected chi connectivity index (χ4v) is 2.22. The Bertz CT molecular complexity index is 451. The van der Waals surface area contributed by atoms with Crippen LogP contribution in [0.3, 0.4) is 0 Å². The Morgan fingerprint density at radius 3 is 2.65 bits per heavy atom. The van der Waals surface area contributed by atoms with Crippen molar-refractivity contribution in [2.75, 3.05) is 13.1 Å². The van der Waals surface area contributed by atoms with E-state index < -0.39 is 0 Å². The lowest BCUT2D eigenvalue weighted by molar-refractivity contribution is -0.124. The molecule has 1 aromatic rings. The first kappa shape index (κ1) is 12.5. The van der Waals surface area contributed by atoms with Gasteiger partial charge in [-0.1, -0.05) is 35.3 Å². The lowest BCUT2D eigenvalue weighted by Gasteiger charge is -2.11. The molecule has 4 heteroatoms. The van der Waals surface area contributed by atoms with Crippen LogP contribution in [0.2, 0.25) is 10.0 Å². The van der Waals surface area contributed by atoms with Gasteiger partial charge in [0.15, 0.2) is 0 Å². The Kier molecular flexibility index (Phi) is 4.08. The summed E-state index contributed by atoms with van der Waals surface area (Å²) in [6, 6.07) is 5.37. The number of carbonyl (C=O) groups is 1. The number of amides is 1. The van der Waals surface area contributed by atoms with E-state index in [9.17, 15) is 4.79 Å². The number of hydrogen-bond acceptors (Lipinski definition) is 1. The molecule has 2 rings (SSSR count). The van der Waals surface area contributed by atoms with Crippen molar-refractivity contribution in [2.24, 2.45) is 0 Å². The largest absolute Gasteiger partial charge is 0.339 e. The number of carbonyl (C=O) groups excluding carboxylic acids is 1. The van der Waals surface area contributed by atoms with Crippen LogP contribution in [0, 0.1) is 0 Å². The predicted molar refractivity (Wildman–Crippen MR) is 71.3 cm³/mol. The summed E-state index contributed by atoms with van der Waals surface area (Å²) < 4.78 is 0. The molecule has 2 nitrogen and oxygen atoms in total. The van der Waals surface area contributed by atoms with Crippen LogP contribution in [0.1, 0.15) is 18.4 Å². The van der Waals surface area contributed by atoms with Crippen molar-refractivity contribution < 1.29 is 4.79 Å². The zero-order chi connectivity index (χ0) is 12.3. The van der Waals surface area contributed by atoms with Gasteiger partial charge < -0.3 is 4.90 Å². The summed E-state index contributed by atoms with van der Waals surface area (Å²) in [6.45, 7) is 1.71. The summed E-state index contributed by atoms with van der Waals surface area (Å²) in [6.07, 6.45) is 5.47. The highest BCUT2D eigenvalue weighted by molar-refractivity contribution is 6.42. The lowest BCUT2D eigenvalue weighted by atomic mass is 10.2. The molecule has 1 aliphatic rings. The molecule has 0 bridgehead atoms. The molecule has 0 radical (unpaired) electrons. The van der Waals surface area contributed by atoms with E-state index in [0.29, 0.717) is 10.0 Å². The molecule has 0 unspecified atom stereocenters. The molecular formula is C13H13Cl2NO. The Morgan fingerprint density at radius 1 is 1.24 bits per heavy atom. The number of nitrogens with zero attached hydrogens (tertiary/aromatic N) is 1. The van der Waals surface area contributed by atoms with E-state index in [1.807, 2.05) is 17.0 Å². The highest BCUT2D eigenvalue weighted by Crippen LogP contribution is 2.26. The molecule has 17 heavy (non-hydrogen) atoms. The van der Waals surface area contributed by atoms with E-state index in [-0.39, 0.29) is 5.91 Å². The zero-order valence-electron chi connectivity index (χ0n) is 9.33. The van der Waals surface area contributed by atoms with E-state index >= 15 is 0 Å². The standard InChI is InChI=1S/C13H13Cl2NO/c14-11-5-3-4-10(13(11)15)6-7-12(17)16-8-1-2-9-16/h3-7H,1-2,8-9H2. The maximum atomic E-state index is 11.8. The van der Waals surface area contributed by atoms with Crippen molar-refractivity contribution in [1.29, 1.82) is 0 Å². The molecule has 1 aromatic carbocycles. The van der Waals surface area contributed by atoms with Crippen molar-refractivity contribution in [3.63, 3.8) is 0 Å². The number of hydrogen-bond donors (Lipinski definition) is 0. The molecule has 1 aliphatic heterocycles. The van der Waals surface area contributed by atoms with Gasteiger partial charge in [-0.15, -0.1) is 0 Å². The Labute approximate surface area is 111 Å². The van der Waals surface area contributed by atoms with Gasteiger partial charge in [-0.05, 0) is 30.5 Å². The third-order valence-corrected chi connectivity index (χ3v) is 3.64. The smallest absolute Gasteiger partial charge is 0.246 e. The van der Waals surface area contributed by atoms with E-state index in [1.165, 1.54) is 0 Å². The van der Waals surface area contributed by atoms with Crippen LogP contribution >= 0.6 is 23.2 Å². The minimum absolute atomic E-state index is 0.0403. The summed E-state index contributed by atoms with van der Waals surface area (Å²) in [4.78, 5) is 13.6. The fourth-order valence-electron chi connectivity index (χ4n) is 1.85. The second-order valence-corrected chi connectivity index (χ2v) is 4.79. The van der Waals surface area contributed by atoms with Crippen LogP contribution in [0.25, 0.3) is 6.08 Å². The molecule has 0 saturated carbocycles. The van der Waals surface area contributed by atoms with Gasteiger partial charge in [-0.3, -0.25) is 4.79 Å². The van der Waals surface area contributed by atoms with E-state index in [2.05, 4.69) is 0 Å². The van der Waals surface area contributed by atoms with Crippen molar-refractivity contribution in [2.45, 2.75) is 12.8 Å². The van der Waals surface area contributed by atoms with E-state index in [4.69, 9.17) is 23.2 Å². The van der Waals surface area contributed by atoms with Crippen molar-refractivity contribution in [1.82, 2.24) is 4.90 Å². The number of benzene rings is 1. The summed E-state index contributed by atoms with van der Waals surface area (Å²) >= 11 is 11.9. The molecule has 0 N–H and O–H groups in total. The summed E-state index contributed by atoms with van der Waals surface area (Å²) in [5.74, 6) is 0.0403. The molecule has 1 heterocycles. The summed E-state index contributed by atoms with van der Waals surface area (Å²) in [7, 11) is 0. The molecular weight excluding hydrogens is 257 g/mol. The van der Waals surface area contributed by atoms with Crippen LogP contribution in [0.15, 0.2) is 24.3 Å². The highest BCUT2D eigenvalue weighted by Gasteiger charge is 2.15. The molecule has 0 aromatic heterocycles. The van der Waals surface area contributed by atoms with Gasteiger partial charge in [0.2, 0.25) is 5.91 Å². The highest BCUT2D eigenvalue weighted by atomic mass is 35.5. The third kappa shape index (κ3) is 3.02. The first-order chi connectivity index (χ1) is 8.18. The predicted octanol–water partition coefficient (Wildman–Crippen LogP) is 3.63. The molecule has 0 spiro atoms. The lowest BCUT2D eigenvalue weighted by Crippen LogP contribution is -2.25. The summed E-state index contributed by atoms with van der Waals surface area (Å²) in [5, 5.41) is 0.988. The molecule has 0 atom stereocenters. The monoisotopic (exact) mass is 269 g/mol. The maximum absolute atomic E-state index is 11.8. The molecule has 1 fully saturated rings. The van der Waals surface area contributed by atoms with Crippen molar-refractivity contribution in [3.05, 3.63) is 39.9 Å². The maximum Gasteiger partial charge on any atom is 0.246 e. The number of rotatable bonds is 2. The quantitative estimate of drug-likeness (QED) is 0.751. The van der Waals surface area contributed by atoms with Crippen LogP contribution in [0.4, 0.5) is 0 Å². The third-order valence-electron chi connectivity index (χ3n) is 2.80. The number of halogens is 2. The van der Waals surface area contributed by atoms with Gasteiger partial charge in [0.25, 0.3) is 0 Å². The van der Waals surface area contributed by atoms with Gasteiger partial charge in [-0.25, -0.2) is 0 Å². The molecule has 90 valence electrons. The molecule has 1 saturated heterocycles. The second kappa shape index (κ2) is 5.56. The van der Waals surface area contributed by atoms with Crippen LogP contribution in [-0.4, -0.2) is 23.9 Å². The van der Waals surface area contributed by atoms with Crippen molar-refractivity contribution in [3.8, 4) is 0 Å². The van der Waals surface area contributed by atoms with Crippen LogP contribution in [-0.2, 0) is 4.79 Å². The Balaban J connectivity index is 2.09. The van der Waals surface area contributed by atoms with Gasteiger partial charge >= 0.3 is 0 Å². The van der Waals surface area contributed by atoms with Crippen LogP contribution in [0.5, 0.6) is 0 Å². The van der Waals surface area contributed by atoms with Crippen molar-refractivity contribution >= 4 is 35.2 Å². The fraction of sp³-hybridized carbons (Fsp3) is 0.308. The zero-order valence-corrected chi connectivity index (χ0v) is 10.8. The SMILES string of the molecule is O=C(C=Cc1cccc(Cl)c1Cl)N1CCCC1. The first-order valence-electron chi connectivity index (χ1n) is 5.59. The average molecular weight is 270 g/mol. The molecule has 0 aliphatic carbocycles. The average Bonchev–Trinajstić information content (AvgIpc) is 2.84. The van der Waals surface area contributed by atoms with Gasteiger partial charge in [-0.2, -0.15) is 0 Å². The Morgan fingerprint density at radius 2 is 1.94 bits per heavy atom. The second-order valence-electron chi connectivity index (χ2n) is 4.01.